The number of aromatic hydroxyl groups is 3. The van der Waals surface area contributed by atoms with E-state index in [1.807, 2.05) is 36.4 Å². The van der Waals surface area contributed by atoms with E-state index in [-0.39, 0.29) is 22.7 Å². The Kier molecular flexibility index (Phi) is 5.36. The van der Waals surface area contributed by atoms with Crippen molar-refractivity contribution in [2.24, 2.45) is 5.92 Å². The second kappa shape index (κ2) is 8.25. The van der Waals surface area contributed by atoms with Gasteiger partial charge in [-0.1, -0.05) is 67.6 Å². The van der Waals surface area contributed by atoms with Gasteiger partial charge in [-0.3, -0.25) is 0 Å². The first-order valence-electron chi connectivity index (χ1n) is 11.8. The molecule has 3 nitrogen and oxygen atoms in total. The van der Waals surface area contributed by atoms with Crippen LogP contribution in [-0.2, 0) is 10.8 Å². The Morgan fingerprint density at radius 3 is 1.06 bits per heavy atom. The molecule has 1 fully saturated rings. The molecule has 34 heavy (non-hydrogen) atoms. The van der Waals surface area contributed by atoms with E-state index in [9.17, 15) is 15.3 Å². The summed E-state index contributed by atoms with van der Waals surface area (Å²) in [6, 6.07) is 31.2. The van der Waals surface area contributed by atoms with Crippen LogP contribution >= 0.6 is 0 Å². The van der Waals surface area contributed by atoms with Crippen LogP contribution in [0.5, 0.6) is 17.2 Å². The van der Waals surface area contributed by atoms with Crippen LogP contribution in [0.3, 0.4) is 0 Å². The summed E-state index contributed by atoms with van der Waals surface area (Å²) >= 11 is 0. The maximum atomic E-state index is 9.86. The van der Waals surface area contributed by atoms with Gasteiger partial charge in [0.1, 0.15) is 17.2 Å². The van der Waals surface area contributed by atoms with Crippen LogP contribution in [0.1, 0.15) is 54.5 Å². The molecule has 0 saturated heterocycles. The molecule has 0 radical (unpaired) electrons. The Labute approximate surface area is 201 Å². The number of hydrogen-bond acceptors (Lipinski definition) is 3. The van der Waals surface area contributed by atoms with Gasteiger partial charge in [-0.25, -0.2) is 0 Å². The molecule has 5 rings (SSSR count). The molecule has 1 atom stereocenters. The van der Waals surface area contributed by atoms with Crippen LogP contribution in [0.25, 0.3) is 0 Å². The smallest absolute Gasteiger partial charge is 0.115 e. The highest BCUT2D eigenvalue weighted by atomic mass is 16.3. The summed E-state index contributed by atoms with van der Waals surface area (Å²) in [5, 5.41) is 29.5. The number of rotatable bonds is 6. The molecular formula is C31H30O3. The lowest BCUT2D eigenvalue weighted by molar-refractivity contribution is 0.469. The topological polar surface area (TPSA) is 60.7 Å². The molecule has 0 amide bonds. The lowest BCUT2D eigenvalue weighted by Gasteiger charge is -2.34. The maximum absolute atomic E-state index is 9.86. The summed E-state index contributed by atoms with van der Waals surface area (Å²) in [7, 11) is 0. The van der Waals surface area contributed by atoms with Gasteiger partial charge in [0.15, 0.2) is 0 Å². The molecule has 1 aliphatic carbocycles. The highest BCUT2D eigenvalue weighted by Gasteiger charge is 2.44. The van der Waals surface area contributed by atoms with Crippen LogP contribution in [0.2, 0.25) is 0 Å². The quantitative estimate of drug-likeness (QED) is 0.281. The van der Waals surface area contributed by atoms with E-state index < -0.39 is 5.41 Å². The largest absolute Gasteiger partial charge is 0.508 e. The van der Waals surface area contributed by atoms with Gasteiger partial charge in [-0.2, -0.15) is 0 Å². The van der Waals surface area contributed by atoms with Crippen molar-refractivity contribution in [2.45, 2.75) is 37.5 Å². The molecule has 0 spiro atoms. The first-order valence-corrected chi connectivity index (χ1v) is 11.8. The molecule has 172 valence electrons. The van der Waals surface area contributed by atoms with Gasteiger partial charge < -0.3 is 15.3 Å². The zero-order chi connectivity index (χ0) is 23.9. The van der Waals surface area contributed by atoms with Crippen molar-refractivity contribution in [3.8, 4) is 17.2 Å². The van der Waals surface area contributed by atoms with Crippen LogP contribution < -0.4 is 0 Å². The standard InChI is InChI=1S/C31H30O3/c1-30(21-3-4-21,24-9-15-27(32)16-10-24)22-5-7-23(8-6-22)31(2,25-11-17-28(33)18-12-25)26-13-19-29(34)20-14-26/h5-21,32-34H,3-4H2,1-2H3. The maximum Gasteiger partial charge on any atom is 0.115 e. The number of phenolic OH excluding ortho intramolecular Hbond substituents is 3. The molecule has 0 aromatic heterocycles. The van der Waals surface area contributed by atoms with Gasteiger partial charge in [0.25, 0.3) is 0 Å². The molecule has 0 bridgehead atoms. The van der Waals surface area contributed by atoms with Gasteiger partial charge in [-0.05, 0) is 89.9 Å². The summed E-state index contributed by atoms with van der Waals surface area (Å²) < 4.78 is 0. The van der Waals surface area contributed by atoms with E-state index in [1.165, 1.54) is 24.0 Å². The third-order valence-electron chi connectivity index (χ3n) is 7.81. The number of hydrogen-bond donors (Lipinski definition) is 3. The van der Waals surface area contributed by atoms with Gasteiger partial charge in [0, 0.05) is 10.8 Å². The van der Waals surface area contributed by atoms with Crippen molar-refractivity contribution in [3.05, 3.63) is 125 Å². The highest BCUT2D eigenvalue weighted by Crippen LogP contribution is 2.52. The van der Waals surface area contributed by atoms with Gasteiger partial charge >= 0.3 is 0 Å². The second-order valence-corrected chi connectivity index (χ2v) is 9.82. The minimum Gasteiger partial charge on any atom is -0.508 e. The summed E-state index contributed by atoms with van der Waals surface area (Å²) in [6.07, 6.45) is 2.41. The molecule has 4 aromatic rings. The van der Waals surface area contributed by atoms with Crippen molar-refractivity contribution in [2.75, 3.05) is 0 Å². The predicted octanol–water partition coefficient (Wildman–Crippen LogP) is 6.87. The fraction of sp³-hybridized carbons (Fsp3) is 0.226. The van der Waals surface area contributed by atoms with Crippen LogP contribution in [0.15, 0.2) is 97.1 Å². The lowest BCUT2D eigenvalue weighted by Crippen LogP contribution is -2.28. The van der Waals surface area contributed by atoms with E-state index >= 15 is 0 Å². The van der Waals surface area contributed by atoms with Crippen molar-refractivity contribution in [3.63, 3.8) is 0 Å². The third kappa shape index (κ3) is 3.71. The van der Waals surface area contributed by atoms with Crippen molar-refractivity contribution < 1.29 is 15.3 Å². The van der Waals surface area contributed by atoms with Crippen molar-refractivity contribution >= 4 is 0 Å². The van der Waals surface area contributed by atoms with Gasteiger partial charge in [-0.15, -0.1) is 0 Å². The summed E-state index contributed by atoms with van der Waals surface area (Å²) in [5.74, 6) is 1.35. The Morgan fingerprint density at radius 2 is 0.735 bits per heavy atom. The van der Waals surface area contributed by atoms with Crippen LogP contribution in [0.4, 0.5) is 0 Å². The van der Waals surface area contributed by atoms with Gasteiger partial charge in [0.05, 0.1) is 0 Å². The zero-order valence-electron chi connectivity index (χ0n) is 19.6. The molecule has 3 N–H and O–H groups in total. The zero-order valence-corrected chi connectivity index (χ0v) is 19.6. The molecule has 4 aromatic carbocycles. The third-order valence-corrected chi connectivity index (χ3v) is 7.81. The molecule has 0 heterocycles. The molecule has 1 unspecified atom stereocenters. The predicted molar refractivity (Wildman–Crippen MR) is 135 cm³/mol. The molecule has 3 heteroatoms. The Morgan fingerprint density at radius 1 is 0.471 bits per heavy atom. The van der Waals surface area contributed by atoms with E-state index in [4.69, 9.17) is 0 Å². The fourth-order valence-corrected chi connectivity index (χ4v) is 5.35. The first kappa shape index (κ1) is 22.1. The first-order chi connectivity index (χ1) is 16.3. The second-order valence-electron chi connectivity index (χ2n) is 9.82. The summed E-state index contributed by atoms with van der Waals surface area (Å²) in [6.45, 7) is 4.49. The summed E-state index contributed by atoms with van der Waals surface area (Å²) in [4.78, 5) is 0. The van der Waals surface area contributed by atoms with Crippen LogP contribution in [-0.4, -0.2) is 15.3 Å². The van der Waals surface area contributed by atoms with Gasteiger partial charge in [0.2, 0.25) is 0 Å². The SMILES string of the molecule is CC(c1ccc(O)cc1)(c1ccc(O)cc1)c1ccc(C(C)(c2ccc(O)cc2)C2CC2)cc1. The van der Waals surface area contributed by atoms with Crippen molar-refractivity contribution in [1.29, 1.82) is 0 Å². The molecule has 1 aliphatic rings. The van der Waals surface area contributed by atoms with E-state index in [2.05, 4.69) is 38.1 Å². The monoisotopic (exact) mass is 450 g/mol. The minimum absolute atomic E-state index is 0.111. The molecule has 1 saturated carbocycles. The molecular weight excluding hydrogens is 420 g/mol. The highest BCUT2D eigenvalue weighted by molar-refractivity contribution is 5.53. The van der Waals surface area contributed by atoms with Crippen LogP contribution in [0, 0.1) is 5.92 Å². The fourth-order valence-electron chi connectivity index (χ4n) is 5.35. The minimum atomic E-state index is -0.464. The Bertz CT molecular complexity index is 1220. The average molecular weight is 451 g/mol. The number of phenols is 3. The van der Waals surface area contributed by atoms with Crippen molar-refractivity contribution in [1.82, 2.24) is 0 Å². The lowest BCUT2D eigenvalue weighted by atomic mass is 9.68. The Balaban J connectivity index is 1.60. The average Bonchev–Trinajstić information content (AvgIpc) is 3.71. The van der Waals surface area contributed by atoms with E-state index in [1.54, 1.807) is 36.4 Å². The normalized spacial score (nSPS) is 15.6. The molecule has 0 aliphatic heterocycles. The Hall–Kier alpha value is -3.72. The van der Waals surface area contributed by atoms with E-state index in [0.717, 1.165) is 16.7 Å². The number of benzene rings is 4. The van der Waals surface area contributed by atoms with E-state index in [0.29, 0.717) is 5.92 Å². The summed E-state index contributed by atoms with van der Waals surface area (Å²) in [5.41, 5.74) is 5.17.